The molecule has 0 fully saturated rings. The predicted octanol–water partition coefficient (Wildman–Crippen LogP) is 0.381. The summed E-state index contributed by atoms with van der Waals surface area (Å²) in [7, 11) is -3.68. The maximum Gasteiger partial charge on any atom is 0.294 e. The highest BCUT2D eigenvalue weighted by molar-refractivity contribution is 7.88. The Morgan fingerprint density at radius 3 is 2.62 bits per heavy atom. The average Bonchev–Trinajstić information content (AvgIpc) is 2.54. The molecular weight excluding hydrogens is 332 g/mol. The molecule has 0 spiro atoms. The third-order valence-corrected chi connectivity index (χ3v) is 4.44. The summed E-state index contributed by atoms with van der Waals surface area (Å²) in [6, 6.07) is 8.70. The molecule has 24 heavy (non-hydrogen) atoms. The maximum absolute atomic E-state index is 12.3. The van der Waals surface area contributed by atoms with Crippen LogP contribution in [0.25, 0.3) is 0 Å². The highest BCUT2D eigenvalue weighted by Gasteiger charge is 2.13. The third kappa shape index (κ3) is 4.88. The smallest absolute Gasteiger partial charge is 0.294 e. The van der Waals surface area contributed by atoms with E-state index in [-0.39, 0.29) is 18.2 Å². The molecule has 1 heterocycles. The van der Waals surface area contributed by atoms with Gasteiger partial charge in [-0.05, 0) is 18.9 Å². The number of aryl methyl sites for hydroxylation is 1. The lowest BCUT2D eigenvalue weighted by atomic mass is 10.2. The lowest BCUT2D eigenvalue weighted by Crippen LogP contribution is -2.36. The SMILES string of the molecule is Cc1cnc(NNS(=O)(=O)Cc2ccccc2)c(=O)n1CCCO. The number of aromatic nitrogens is 2. The van der Waals surface area contributed by atoms with Crippen molar-refractivity contribution in [2.45, 2.75) is 25.6 Å². The van der Waals surface area contributed by atoms with E-state index in [1.807, 2.05) is 0 Å². The normalized spacial score (nSPS) is 11.4. The molecule has 130 valence electrons. The Bertz CT molecular complexity index is 834. The summed E-state index contributed by atoms with van der Waals surface area (Å²) >= 11 is 0. The first-order chi connectivity index (χ1) is 11.4. The predicted molar refractivity (Wildman–Crippen MR) is 90.8 cm³/mol. The summed E-state index contributed by atoms with van der Waals surface area (Å²) < 4.78 is 25.6. The van der Waals surface area contributed by atoms with Crippen LogP contribution in [-0.2, 0) is 22.3 Å². The van der Waals surface area contributed by atoms with Crippen molar-refractivity contribution in [2.24, 2.45) is 0 Å². The van der Waals surface area contributed by atoms with Crippen LogP contribution < -0.4 is 15.8 Å². The van der Waals surface area contributed by atoms with E-state index in [4.69, 9.17) is 5.11 Å². The van der Waals surface area contributed by atoms with E-state index in [0.29, 0.717) is 24.2 Å². The van der Waals surface area contributed by atoms with Crippen molar-refractivity contribution in [2.75, 3.05) is 12.0 Å². The molecule has 2 rings (SSSR count). The molecule has 1 aromatic carbocycles. The Balaban J connectivity index is 2.10. The fraction of sp³-hybridized carbons (Fsp3) is 0.333. The summed E-state index contributed by atoms with van der Waals surface area (Å²) in [5, 5.41) is 8.89. The zero-order valence-electron chi connectivity index (χ0n) is 13.3. The quantitative estimate of drug-likeness (QED) is 0.592. The largest absolute Gasteiger partial charge is 0.396 e. The molecule has 0 atom stereocenters. The highest BCUT2D eigenvalue weighted by Crippen LogP contribution is 2.04. The van der Waals surface area contributed by atoms with Crippen molar-refractivity contribution in [1.82, 2.24) is 14.4 Å². The average molecular weight is 352 g/mol. The molecule has 0 saturated heterocycles. The number of rotatable bonds is 8. The first kappa shape index (κ1) is 18.1. The van der Waals surface area contributed by atoms with Crippen LogP contribution in [0.1, 0.15) is 17.7 Å². The Hall–Kier alpha value is -2.23. The number of hydrazine groups is 1. The van der Waals surface area contributed by atoms with Gasteiger partial charge in [0.15, 0.2) is 0 Å². The molecule has 0 aliphatic heterocycles. The van der Waals surface area contributed by atoms with Gasteiger partial charge in [-0.2, -0.15) is 0 Å². The minimum absolute atomic E-state index is 0.0410. The Kier molecular flexibility index (Phi) is 6.07. The number of nitrogens with one attached hydrogen (secondary N) is 2. The van der Waals surface area contributed by atoms with Gasteiger partial charge >= 0.3 is 0 Å². The number of hydrogen-bond donors (Lipinski definition) is 3. The van der Waals surface area contributed by atoms with E-state index < -0.39 is 15.6 Å². The molecule has 0 aliphatic carbocycles. The van der Waals surface area contributed by atoms with E-state index >= 15 is 0 Å². The summed E-state index contributed by atoms with van der Waals surface area (Å²) in [5.74, 6) is -0.332. The highest BCUT2D eigenvalue weighted by atomic mass is 32.2. The van der Waals surface area contributed by atoms with Crippen LogP contribution in [0, 0.1) is 6.92 Å². The van der Waals surface area contributed by atoms with Gasteiger partial charge in [0.2, 0.25) is 15.8 Å². The maximum atomic E-state index is 12.3. The minimum atomic E-state index is -3.68. The first-order valence-electron chi connectivity index (χ1n) is 7.39. The number of aliphatic hydroxyl groups excluding tert-OH is 1. The van der Waals surface area contributed by atoms with Gasteiger partial charge < -0.3 is 9.67 Å². The molecule has 0 amide bonds. The Morgan fingerprint density at radius 1 is 1.25 bits per heavy atom. The number of hydrogen-bond acceptors (Lipinski definition) is 6. The van der Waals surface area contributed by atoms with Crippen molar-refractivity contribution >= 4 is 15.8 Å². The van der Waals surface area contributed by atoms with E-state index in [1.54, 1.807) is 37.3 Å². The number of anilines is 1. The molecule has 0 bridgehead atoms. The summed E-state index contributed by atoms with van der Waals surface area (Å²) in [6.07, 6.45) is 1.89. The zero-order valence-corrected chi connectivity index (χ0v) is 14.1. The van der Waals surface area contributed by atoms with Crippen LogP contribution in [0.2, 0.25) is 0 Å². The van der Waals surface area contributed by atoms with Crippen molar-refractivity contribution in [3.8, 4) is 0 Å². The molecule has 1 aromatic heterocycles. The number of sulfonamides is 1. The van der Waals surface area contributed by atoms with Crippen LogP contribution >= 0.6 is 0 Å². The Labute approximate surface area is 140 Å². The lowest BCUT2D eigenvalue weighted by Gasteiger charge is -2.12. The van der Waals surface area contributed by atoms with Crippen molar-refractivity contribution in [3.05, 3.63) is 58.1 Å². The van der Waals surface area contributed by atoms with Gasteiger partial charge in [-0.1, -0.05) is 30.3 Å². The second-order valence-corrected chi connectivity index (χ2v) is 6.98. The molecule has 2 aromatic rings. The van der Waals surface area contributed by atoms with Gasteiger partial charge in [-0.3, -0.25) is 10.2 Å². The molecular formula is C15H20N4O4S. The fourth-order valence-electron chi connectivity index (χ4n) is 2.12. The van der Waals surface area contributed by atoms with Gasteiger partial charge in [0.25, 0.3) is 5.56 Å². The van der Waals surface area contributed by atoms with Crippen LogP contribution in [0.3, 0.4) is 0 Å². The monoisotopic (exact) mass is 352 g/mol. The number of nitrogens with zero attached hydrogens (tertiary/aromatic N) is 2. The fourth-order valence-corrected chi connectivity index (χ4v) is 3.07. The first-order valence-corrected chi connectivity index (χ1v) is 9.05. The number of aliphatic hydroxyl groups is 1. The standard InChI is InChI=1S/C15H20N4O4S/c1-12-10-16-14(15(21)19(12)8-5-9-20)17-18-24(22,23)11-13-6-3-2-4-7-13/h2-4,6-7,10,18,20H,5,8-9,11H2,1H3,(H,16,17). The molecule has 0 aliphatic rings. The van der Waals surface area contributed by atoms with Gasteiger partial charge in [0.05, 0.1) is 5.75 Å². The van der Waals surface area contributed by atoms with E-state index in [9.17, 15) is 13.2 Å². The van der Waals surface area contributed by atoms with Crippen molar-refractivity contribution in [1.29, 1.82) is 0 Å². The van der Waals surface area contributed by atoms with Crippen LogP contribution in [0.15, 0.2) is 41.3 Å². The second-order valence-electron chi connectivity index (χ2n) is 5.25. The van der Waals surface area contributed by atoms with Crippen LogP contribution in [-0.4, -0.2) is 29.7 Å². The summed E-state index contributed by atoms with van der Waals surface area (Å²) in [6.45, 7) is 2.00. The summed E-state index contributed by atoms with van der Waals surface area (Å²) in [4.78, 5) is 18.4. The van der Waals surface area contributed by atoms with Gasteiger partial charge in [0, 0.05) is 25.0 Å². The molecule has 9 heteroatoms. The topological polar surface area (TPSA) is 113 Å². The van der Waals surface area contributed by atoms with Crippen LogP contribution in [0.4, 0.5) is 5.82 Å². The lowest BCUT2D eigenvalue weighted by molar-refractivity contribution is 0.278. The van der Waals surface area contributed by atoms with Crippen molar-refractivity contribution < 1.29 is 13.5 Å². The molecule has 0 radical (unpaired) electrons. The van der Waals surface area contributed by atoms with Gasteiger partial charge in [0.1, 0.15) is 0 Å². The van der Waals surface area contributed by atoms with E-state index in [0.717, 1.165) is 0 Å². The second kappa shape index (κ2) is 8.04. The molecule has 3 N–H and O–H groups in total. The zero-order chi connectivity index (χ0) is 17.6. The van der Waals surface area contributed by atoms with Crippen LogP contribution in [0.5, 0.6) is 0 Å². The van der Waals surface area contributed by atoms with Gasteiger partial charge in [-0.15, -0.1) is 4.83 Å². The van der Waals surface area contributed by atoms with E-state index in [2.05, 4.69) is 15.2 Å². The molecule has 0 saturated carbocycles. The number of benzene rings is 1. The Morgan fingerprint density at radius 2 is 1.96 bits per heavy atom. The van der Waals surface area contributed by atoms with E-state index in [1.165, 1.54) is 10.8 Å². The molecule has 8 nitrogen and oxygen atoms in total. The molecule has 0 unspecified atom stereocenters. The summed E-state index contributed by atoms with van der Waals surface area (Å²) in [5.41, 5.74) is 3.18. The minimum Gasteiger partial charge on any atom is -0.396 e. The van der Waals surface area contributed by atoms with Crippen molar-refractivity contribution in [3.63, 3.8) is 0 Å². The third-order valence-electron chi connectivity index (χ3n) is 3.32. The van der Waals surface area contributed by atoms with Gasteiger partial charge in [-0.25, -0.2) is 13.4 Å².